The Morgan fingerprint density at radius 1 is 0.588 bits per heavy atom. The maximum absolute atomic E-state index is 5.24. The van der Waals surface area contributed by atoms with Crippen LogP contribution in [-0.2, 0) is 0 Å². The van der Waals surface area contributed by atoms with E-state index in [0.29, 0.717) is 0 Å². The number of rotatable bonds is 0. The molecular weight excluding hydrogens is 405 g/mol. The fourth-order valence-electron chi connectivity index (χ4n) is 1.34. The third-order valence-electron chi connectivity index (χ3n) is 1.91. The predicted octanol–water partition coefficient (Wildman–Crippen LogP) is 7.10. The molecule has 0 radical (unpaired) electrons. The average molecular weight is 405 g/mol. The Bertz CT molecular complexity index is 591. The molecule has 0 bridgehead atoms. The van der Waals surface area contributed by atoms with Crippen molar-refractivity contribution in [2.75, 3.05) is 0 Å². The molecule has 2 aromatic heterocycles. The van der Waals surface area contributed by atoms with Gasteiger partial charge in [-0.15, -0.1) is 45.3 Å². The van der Waals surface area contributed by atoms with Crippen molar-refractivity contribution < 1.29 is 0 Å². The fourth-order valence-corrected chi connectivity index (χ4v) is 18.2. The van der Waals surface area contributed by atoms with E-state index in [1.165, 1.54) is 16.8 Å². The summed E-state index contributed by atoms with van der Waals surface area (Å²) in [7, 11) is 0. The van der Waals surface area contributed by atoms with Crippen LogP contribution in [0.5, 0.6) is 0 Å². The summed E-state index contributed by atoms with van der Waals surface area (Å²) in [5.41, 5.74) is 0. The van der Waals surface area contributed by atoms with Gasteiger partial charge in [0, 0.05) is 0 Å². The summed E-state index contributed by atoms with van der Waals surface area (Å²) < 4.78 is 7.88. The van der Waals surface area contributed by atoms with E-state index in [9.17, 15) is 0 Å². The summed E-state index contributed by atoms with van der Waals surface area (Å²) in [6.07, 6.45) is 0. The molecule has 17 heavy (non-hydrogen) atoms. The third kappa shape index (κ3) is 2.16. The molecule has 0 saturated heterocycles. The summed E-state index contributed by atoms with van der Waals surface area (Å²) >= 11 is 25.4. The minimum Gasteiger partial charge on any atom is -0.105 e. The summed E-state index contributed by atoms with van der Waals surface area (Å²) in [6.45, 7) is 0. The molecule has 4 heterocycles. The van der Waals surface area contributed by atoms with Crippen molar-refractivity contribution in [1.82, 2.24) is 0 Å². The fraction of sp³-hybridized carbons (Fsp3) is 0.143. The molecule has 0 aromatic carbocycles. The Morgan fingerprint density at radius 3 is 1.18 bits per heavy atom. The molecule has 0 nitrogen and oxygen atoms in total. The standard InChI is InChI=1S/C7S10/c8-5-10-1-2(11-5)15-7(14-1)16-3-4(17-7)13-6(9)12-3. The third-order valence-corrected chi connectivity index (χ3v) is 14.7. The first-order chi connectivity index (χ1) is 8.13. The van der Waals surface area contributed by atoms with E-state index in [2.05, 4.69) is 0 Å². The largest absolute Gasteiger partial charge is 0.174 e. The smallest absolute Gasteiger partial charge is 0.105 e. The highest BCUT2D eigenvalue weighted by Gasteiger charge is 2.49. The summed E-state index contributed by atoms with van der Waals surface area (Å²) in [4.78, 5) is 0. The van der Waals surface area contributed by atoms with Gasteiger partial charge in [0.05, 0.1) is 16.8 Å². The maximum Gasteiger partial charge on any atom is 0.174 e. The van der Waals surface area contributed by atoms with Gasteiger partial charge in [-0.25, -0.2) is 0 Å². The van der Waals surface area contributed by atoms with Gasteiger partial charge >= 0.3 is 0 Å². The molecule has 0 aliphatic carbocycles. The van der Waals surface area contributed by atoms with Crippen molar-refractivity contribution in [2.24, 2.45) is 0 Å². The van der Waals surface area contributed by atoms with Gasteiger partial charge in [-0.05, 0) is 0 Å². The molecular formula is C7S10. The minimum absolute atomic E-state index is 0.168. The number of hydrogen-bond acceptors (Lipinski definition) is 10. The average Bonchev–Trinajstić information content (AvgIpc) is 2.85. The lowest BCUT2D eigenvalue weighted by molar-refractivity contribution is 1.56. The van der Waals surface area contributed by atoms with E-state index >= 15 is 0 Å². The van der Waals surface area contributed by atoms with Gasteiger partial charge in [-0.2, -0.15) is 0 Å². The van der Waals surface area contributed by atoms with Gasteiger partial charge in [0.15, 0.2) is 2.74 Å². The lowest BCUT2D eigenvalue weighted by Gasteiger charge is -2.16. The SMILES string of the molecule is S=c1sc2c(s1)SC1(S2)Sc2sc(=S)sc2S1. The van der Waals surface area contributed by atoms with Crippen molar-refractivity contribution in [2.45, 2.75) is 19.6 Å². The predicted molar refractivity (Wildman–Crippen MR) is 92.2 cm³/mol. The van der Waals surface area contributed by atoms with Crippen molar-refractivity contribution in [3.05, 3.63) is 6.28 Å². The lowest BCUT2D eigenvalue weighted by Crippen LogP contribution is -1.98. The van der Waals surface area contributed by atoms with Crippen LogP contribution in [0.1, 0.15) is 0 Å². The molecule has 1 spiro atoms. The zero-order valence-corrected chi connectivity index (χ0v) is 15.7. The van der Waals surface area contributed by atoms with Crippen LogP contribution in [0.4, 0.5) is 0 Å². The monoisotopic (exact) mass is 404 g/mol. The van der Waals surface area contributed by atoms with Gasteiger partial charge in [0.2, 0.25) is 0 Å². The highest BCUT2D eigenvalue weighted by molar-refractivity contribution is 8.51. The van der Waals surface area contributed by atoms with Crippen LogP contribution in [0.15, 0.2) is 16.8 Å². The van der Waals surface area contributed by atoms with E-state index in [0.717, 1.165) is 6.28 Å². The Balaban J connectivity index is 1.71. The van der Waals surface area contributed by atoms with Gasteiger partial charge < -0.3 is 0 Å². The van der Waals surface area contributed by atoms with E-state index in [1.807, 2.05) is 47.0 Å². The van der Waals surface area contributed by atoms with Crippen molar-refractivity contribution in [3.8, 4) is 0 Å². The second-order valence-corrected chi connectivity index (χ2v) is 16.9. The molecule has 0 amide bonds. The van der Waals surface area contributed by atoms with E-state index in [-0.39, 0.29) is 2.74 Å². The van der Waals surface area contributed by atoms with Crippen LogP contribution in [0, 0.1) is 6.28 Å². The van der Waals surface area contributed by atoms with Gasteiger partial charge in [0.25, 0.3) is 0 Å². The van der Waals surface area contributed by atoms with E-state index in [1.54, 1.807) is 45.3 Å². The van der Waals surface area contributed by atoms with Crippen molar-refractivity contribution >= 4 is 117 Å². The highest BCUT2D eigenvalue weighted by Crippen LogP contribution is 2.76. The molecule has 88 valence electrons. The van der Waals surface area contributed by atoms with E-state index in [4.69, 9.17) is 24.4 Å². The Kier molecular flexibility index (Phi) is 3.33. The molecule has 0 unspecified atom stereocenters. The normalized spacial score (nSPS) is 19.8. The molecule has 10 heteroatoms. The van der Waals surface area contributed by atoms with Crippen LogP contribution < -0.4 is 0 Å². The topological polar surface area (TPSA) is 0 Å². The first kappa shape index (κ1) is 12.7. The lowest BCUT2D eigenvalue weighted by atomic mass is 11.1. The van der Waals surface area contributed by atoms with Crippen LogP contribution >= 0.6 is 117 Å². The van der Waals surface area contributed by atoms with Crippen LogP contribution in [0.25, 0.3) is 0 Å². The zero-order chi connectivity index (χ0) is 11.6. The van der Waals surface area contributed by atoms with Crippen LogP contribution in [-0.4, -0.2) is 2.74 Å². The molecule has 0 fully saturated rings. The minimum atomic E-state index is 0.168. The van der Waals surface area contributed by atoms with E-state index < -0.39 is 0 Å². The maximum atomic E-state index is 5.24. The second-order valence-electron chi connectivity index (χ2n) is 2.97. The van der Waals surface area contributed by atoms with Crippen molar-refractivity contribution in [3.63, 3.8) is 0 Å². The molecule has 0 atom stereocenters. The second kappa shape index (κ2) is 4.47. The highest BCUT2D eigenvalue weighted by atomic mass is 32.3. The zero-order valence-electron chi connectivity index (χ0n) is 7.58. The Hall–Kier alpha value is 1.94. The quantitative estimate of drug-likeness (QED) is 0.426. The Morgan fingerprint density at radius 2 is 0.882 bits per heavy atom. The number of thioether (sulfide) groups is 4. The molecule has 2 aliphatic heterocycles. The van der Waals surface area contributed by atoms with Crippen molar-refractivity contribution in [1.29, 1.82) is 0 Å². The Labute approximate surface area is 141 Å². The molecule has 2 aromatic rings. The number of hydrogen-bond donors (Lipinski definition) is 0. The van der Waals surface area contributed by atoms with Gasteiger partial charge in [-0.3, -0.25) is 0 Å². The first-order valence-corrected chi connectivity index (χ1v) is 11.5. The van der Waals surface area contributed by atoms with Crippen LogP contribution in [0.2, 0.25) is 0 Å². The van der Waals surface area contributed by atoms with Gasteiger partial charge in [0.1, 0.15) is 6.28 Å². The van der Waals surface area contributed by atoms with Crippen LogP contribution in [0.3, 0.4) is 0 Å². The molecule has 4 rings (SSSR count). The molecule has 2 aliphatic rings. The van der Waals surface area contributed by atoms with Gasteiger partial charge in [-0.1, -0.05) is 71.5 Å². The number of fused-ring (bicyclic) bond motifs is 2. The summed E-state index contributed by atoms with van der Waals surface area (Å²) in [5, 5.41) is 0. The molecule has 0 N–H and O–H groups in total. The first-order valence-electron chi connectivity index (χ1n) is 4.17. The summed E-state index contributed by atoms with van der Waals surface area (Å²) in [6, 6.07) is 0. The summed E-state index contributed by atoms with van der Waals surface area (Å²) in [5.74, 6) is 0. The molecule has 0 saturated carbocycles.